The zero-order valence-corrected chi connectivity index (χ0v) is 15.5. The molecule has 0 aromatic heterocycles. The number of carboxylic acid groups (broad SMARTS) is 2. The van der Waals surface area contributed by atoms with Gasteiger partial charge in [-0.05, 0) is 12.3 Å². The molecule has 0 saturated heterocycles. The first-order valence-corrected chi connectivity index (χ1v) is 8.56. The molecule has 0 heterocycles. The van der Waals surface area contributed by atoms with Gasteiger partial charge in [-0.3, -0.25) is 24.0 Å². The molecule has 10 nitrogen and oxygen atoms in total. The van der Waals surface area contributed by atoms with Gasteiger partial charge in [0.15, 0.2) is 5.78 Å². The van der Waals surface area contributed by atoms with Crippen molar-refractivity contribution >= 4 is 42.2 Å². The van der Waals surface area contributed by atoms with Crippen molar-refractivity contribution in [3.05, 3.63) is 0 Å². The number of thiol groups is 1. The van der Waals surface area contributed by atoms with Crippen LogP contribution in [0.15, 0.2) is 0 Å². The summed E-state index contributed by atoms with van der Waals surface area (Å²) >= 11 is 3.79. The van der Waals surface area contributed by atoms with Gasteiger partial charge in [0.05, 0.1) is 24.3 Å². The van der Waals surface area contributed by atoms with Crippen LogP contribution in [-0.4, -0.2) is 63.6 Å². The lowest BCUT2D eigenvalue weighted by Gasteiger charge is -2.25. The zero-order chi connectivity index (χ0) is 20.4. The molecule has 148 valence electrons. The molecule has 0 aliphatic carbocycles. The van der Waals surface area contributed by atoms with E-state index in [1.165, 1.54) is 0 Å². The molecule has 6 N–H and O–H groups in total. The highest BCUT2D eigenvalue weighted by Gasteiger charge is 2.30. The van der Waals surface area contributed by atoms with Crippen LogP contribution >= 0.6 is 12.6 Å². The Morgan fingerprint density at radius 2 is 1.58 bits per heavy atom. The van der Waals surface area contributed by atoms with E-state index in [1.807, 2.05) is 0 Å². The van der Waals surface area contributed by atoms with Crippen LogP contribution in [0.1, 0.15) is 33.1 Å². The van der Waals surface area contributed by atoms with Crippen LogP contribution in [0, 0.1) is 5.92 Å². The maximum atomic E-state index is 12.4. The van der Waals surface area contributed by atoms with E-state index in [4.69, 9.17) is 15.9 Å². The molecule has 0 radical (unpaired) electrons. The van der Waals surface area contributed by atoms with E-state index in [1.54, 1.807) is 13.8 Å². The first kappa shape index (κ1) is 23.9. The van der Waals surface area contributed by atoms with E-state index >= 15 is 0 Å². The zero-order valence-electron chi connectivity index (χ0n) is 14.6. The summed E-state index contributed by atoms with van der Waals surface area (Å²) in [6.45, 7) is 3.28. The second-order valence-corrected chi connectivity index (χ2v) is 6.37. The van der Waals surface area contributed by atoms with Crippen molar-refractivity contribution < 1.29 is 34.2 Å². The largest absolute Gasteiger partial charge is 0.481 e. The Hall–Kier alpha value is -2.14. The highest BCUT2D eigenvalue weighted by molar-refractivity contribution is 7.81. The van der Waals surface area contributed by atoms with Crippen molar-refractivity contribution in [1.82, 2.24) is 10.6 Å². The fourth-order valence-corrected chi connectivity index (χ4v) is 2.22. The van der Waals surface area contributed by atoms with Crippen LogP contribution in [-0.2, 0) is 24.0 Å². The molecular weight excluding hydrogens is 366 g/mol. The minimum Gasteiger partial charge on any atom is -0.481 e. The monoisotopic (exact) mass is 391 g/mol. The number of amides is 2. The van der Waals surface area contributed by atoms with Gasteiger partial charge in [-0.15, -0.1) is 0 Å². The normalized spacial score (nSPS) is 14.2. The average molecular weight is 391 g/mol. The van der Waals surface area contributed by atoms with Gasteiger partial charge in [-0.2, -0.15) is 12.6 Å². The number of ketones is 1. The van der Waals surface area contributed by atoms with Crippen molar-refractivity contribution in [3.63, 3.8) is 0 Å². The van der Waals surface area contributed by atoms with Crippen LogP contribution in [0.25, 0.3) is 0 Å². The van der Waals surface area contributed by atoms with Crippen LogP contribution in [0.4, 0.5) is 0 Å². The maximum absolute atomic E-state index is 12.4. The van der Waals surface area contributed by atoms with Crippen molar-refractivity contribution in [2.75, 3.05) is 5.75 Å². The van der Waals surface area contributed by atoms with E-state index in [2.05, 4.69) is 23.3 Å². The summed E-state index contributed by atoms with van der Waals surface area (Å²) in [5, 5.41) is 22.2. The van der Waals surface area contributed by atoms with Gasteiger partial charge < -0.3 is 26.6 Å². The minimum atomic E-state index is -1.27. The Morgan fingerprint density at radius 1 is 1.00 bits per heavy atom. The Balaban J connectivity index is 5.03. The third-order valence-corrected chi connectivity index (χ3v) is 3.80. The van der Waals surface area contributed by atoms with Gasteiger partial charge in [0.1, 0.15) is 6.04 Å². The lowest BCUT2D eigenvalue weighted by Crippen LogP contribution is -2.56. The third-order valence-electron chi connectivity index (χ3n) is 3.49. The van der Waals surface area contributed by atoms with Crippen LogP contribution in [0.2, 0.25) is 0 Å². The fraction of sp³-hybridized carbons (Fsp3) is 0.667. The van der Waals surface area contributed by atoms with E-state index in [0.29, 0.717) is 0 Å². The average Bonchev–Trinajstić information content (AvgIpc) is 2.54. The van der Waals surface area contributed by atoms with Crippen molar-refractivity contribution in [3.8, 4) is 0 Å². The molecule has 3 atom stereocenters. The molecule has 2 amide bonds. The number of nitrogens with one attached hydrogen (secondary N) is 2. The number of carboxylic acids is 2. The number of Topliss-reactive ketones (excluding diaryl/α,β-unsaturated/α-hetero) is 1. The highest BCUT2D eigenvalue weighted by atomic mass is 32.1. The molecule has 0 aromatic rings. The number of rotatable bonds is 12. The quantitative estimate of drug-likeness (QED) is 0.224. The highest BCUT2D eigenvalue weighted by Crippen LogP contribution is 2.06. The summed E-state index contributed by atoms with van der Waals surface area (Å²) in [5.74, 6) is -5.04. The standard InChI is InChI=1S/C15H25N3O7S/c1-7(2)13(18-14(24)8(16)3-4-11(20)21)15(25)17-9(5-12(22)23)10(19)6-26/h7-9,13,26H,3-6,16H2,1-2H3,(H,17,25)(H,18,24)(H,20,21)(H,22,23)/t8-,9-,13-/m0/s1. The number of hydrogen-bond acceptors (Lipinski definition) is 7. The molecule has 0 bridgehead atoms. The molecule has 0 saturated carbocycles. The number of carbonyl (C=O) groups excluding carboxylic acids is 3. The molecule has 11 heteroatoms. The maximum Gasteiger partial charge on any atom is 0.305 e. The summed E-state index contributed by atoms with van der Waals surface area (Å²) in [6, 6.07) is -3.45. The smallest absolute Gasteiger partial charge is 0.305 e. The van der Waals surface area contributed by atoms with Gasteiger partial charge in [-0.25, -0.2) is 0 Å². The van der Waals surface area contributed by atoms with Gasteiger partial charge in [0, 0.05) is 6.42 Å². The summed E-state index contributed by atoms with van der Waals surface area (Å²) in [4.78, 5) is 57.5. The molecule has 0 spiro atoms. The van der Waals surface area contributed by atoms with E-state index in [-0.39, 0.29) is 24.5 Å². The summed E-state index contributed by atoms with van der Waals surface area (Å²) < 4.78 is 0. The Morgan fingerprint density at radius 3 is 2.00 bits per heavy atom. The topological polar surface area (TPSA) is 176 Å². The summed E-state index contributed by atoms with van der Waals surface area (Å²) in [7, 11) is 0. The van der Waals surface area contributed by atoms with Crippen LogP contribution in [0.5, 0.6) is 0 Å². The SMILES string of the molecule is CC(C)[C@H](NC(=O)[C@@H](N)CCC(=O)O)C(=O)N[C@@H](CC(=O)O)C(=O)CS. The number of hydrogen-bond donors (Lipinski definition) is 6. The molecule has 0 fully saturated rings. The predicted molar refractivity (Wildman–Crippen MR) is 94.7 cm³/mol. The van der Waals surface area contributed by atoms with Crippen molar-refractivity contribution in [2.24, 2.45) is 11.7 Å². The summed E-state index contributed by atoms with van der Waals surface area (Å²) in [5.41, 5.74) is 5.60. The molecule has 0 aliphatic heterocycles. The summed E-state index contributed by atoms with van der Waals surface area (Å²) in [6.07, 6.45) is -1.01. The van der Waals surface area contributed by atoms with Crippen molar-refractivity contribution in [1.29, 1.82) is 0 Å². The Bertz CT molecular complexity index is 553. The van der Waals surface area contributed by atoms with E-state index < -0.39 is 54.1 Å². The van der Waals surface area contributed by atoms with Crippen LogP contribution in [0.3, 0.4) is 0 Å². The number of aliphatic carboxylic acids is 2. The Kier molecular flexibility index (Phi) is 10.5. The van der Waals surface area contributed by atoms with Gasteiger partial charge >= 0.3 is 11.9 Å². The molecule has 0 unspecified atom stereocenters. The first-order chi connectivity index (χ1) is 12.0. The number of carbonyl (C=O) groups is 5. The van der Waals surface area contributed by atoms with E-state index in [0.717, 1.165) is 0 Å². The fourth-order valence-electron chi connectivity index (χ4n) is 2.00. The molecule has 0 rings (SSSR count). The number of nitrogens with two attached hydrogens (primary N) is 1. The molecule has 0 aromatic carbocycles. The second kappa shape index (κ2) is 11.5. The van der Waals surface area contributed by atoms with E-state index in [9.17, 15) is 24.0 Å². The lowest BCUT2D eigenvalue weighted by atomic mass is 10.0. The second-order valence-electron chi connectivity index (χ2n) is 6.05. The predicted octanol–water partition coefficient (Wildman–Crippen LogP) is -1.22. The van der Waals surface area contributed by atoms with Gasteiger partial charge in [0.25, 0.3) is 0 Å². The molecule has 26 heavy (non-hydrogen) atoms. The van der Waals surface area contributed by atoms with Gasteiger partial charge in [-0.1, -0.05) is 13.8 Å². The Labute approximate surface area is 156 Å². The van der Waals surface area contributed by atoms with Crippen LogP contribution < -0.4 is 16.4 Å². The molecular formula is C15H25N3O7S. The van der Waals surface area contributed by atoms with Gasteiger partial charge in [0.2, 0.25) is 11.8 Å². The van der Waals surface area contributed by atoms with Crippen molar-refractivity contribution in [2.45, 2.75) is 51.2 Å². The molecule has 0 aliphatic rings. The lowest BCUT2D eigenvalue weighted by molar-refractivity contribution is -0.140. The first-order valence-electron chi connectivity index (χ1n) is 7.93. The third kappa shape index (κ3) is 8.81. The minimum absolute atomic E-state index is 0.104.